The number of amides is 1. The van der Waals surface area contributed by atoms with Crippen molar-refractivity contribution < 1.29 is 24.1 Å². The molecule has 1 amide bonds. The van der Waals surface area contributed by atoms with Gasteiger partial charge in [-0.1, -0.05) is 0 Å². The van der Waals surface area contributed by atoms with E-state index in [1.165, 1.54) is 25.2 Å². The van der Waals surface area contributed by atoms with Crippen LogP contribution >= 0.6 is 0 Å². The van der Waals surface area contributed by atoms with E-state index in [1.54, 1.807) is 6.92 Å². The molecule has 0 spiro atoms. The number of rotatable bonds is 5. The van der Waals surface area contributed by atoms with Crippen molar-refractivity contribution in [2.75, 3.05) is 20.3 Å². The Morgan fingerprint density at radius 2 is 2.22 bits per heavy atom. The molecule has 1 rings (SSSR count). The first-order valence-electron chi connectivity index (χ1n) is 5.46. The first-order valence-corrected chi connectivity index (χ1v) is 5.46. The molecule has 100 valence electrons. The van der Waals surface area contributed by atoms with Crippen molar-refractivity contribution in [1.29, 1.82) is 0 Å². The lowest BCUT2D eigenvalue weighted by Gasteiger charge is -2.24. The van der Waals surface area contributed by atoms with Gasteiger partial charge in [0.15, 0.2) is 0 Å². The second kappa shape index (κ2) is 6.20. The second-order valence-electron chi connectivity index (χ2n) is 3.82. The van der Waals surface area contributed by atoms with Crippen LogP contribution in [0.1, 0.15) is 18.5 Å². The summed E-state index contributed by atoms with van der Waals surface area (Å²) < 4.78 is 18.5. The highest BCUT2D eigenvalue weighted by atomic mass is 19.1. The van der Waals surface area contributed by atoms with Crippen molar-refractivity contribution in [1.82, 2.24) is 4.90 Å². The summed E-state index contributed by atoms with van der Waals surface area (Å²) in [5.41, 5.74) is 0.424. The zero-order valence-electron chi connectivity index (χ0n) is 10.3. The van der Waals surface area contributed by atoms with Gasteiger partial charge in [0.1, 0.15) is 18.2 Å². The molecule has 0 aromatic heterocycles. The number of carbonyl (C=O) groups is 1. The number of aliphatic hydroxyl groups excluding tert-OH is 1. The topological polar surface area (TPSA) is 70.0 Å². The Balaban J connectivity index is 3.03. The first kappa shape index (κ1) is 14.2. The SMILES string of the molecule is CC(c1cc(F)ccc1OCCO)N(C)C(=O)O. The predicted octanol–water partition coefficient (Wildman–Crippen LogP) is 1.87. The number of hydrogen-bond donors (Lipinski definition) is 2. The Morgan fingerprint density at radius 1 is 1.56 bits per heavy atom. The standard InChI is InChI=1S/C12H16FNO4/c1-8(14(2)12(16)17)10-7-9(13)3-4-11(10)18-6-5-15/h3-4,7-8,15H,5-6H2,1-2H3,(H,16,17). The molecular weight excluding hydrogens is 241 g/mol. The minimum Gasteiger partial charge on any atom is -0.491 e. The molecule has 0 aliphatic rings. The molecule has 1 atom stereocenters. The molecule has 2 N–H and O–H groups in total. The van der Waals surface area contributed by atoms with E-state index in [0.29, 0.717) is 11.3 Å². The van der Waals surface area contributed by atoms with Crippen molar-refractivity contribution in [2.45, 2.75) is 13.0 Å². The van der Waals surface area contributed by atoms with E-state index in [9.17, 15) is 9.18 Å². The van der Waals surface area contributed by atoms with Crippen molar-refractivity contribution >= 4 is 6.09 Å². The van der Waals surface area contributed by atoms with Crippen LogP contribution in [0.2, 0.25) is 0 Å². The molecule has 0 fully saturated rings. The third-order valence-electron chi connectivity index (χ3n) is 2.65. The van der Waals surface area contributed by atoms with Gasteiger partial charge in [0, 0.05) is 12.6 Å². The molecule has 18 heavy (non-hydrogen) atoms. The summed E-state index contributed by atoms with van der Waals surface area (Å²) >= 11 is 0. The maximum Gasteiger partial charge on any atom is 0.407 e. The van der Waals surface area contributed by atoms with Crippen molar-refractivity contribution in [3.63, 3.8) is 0 Å². The monoisotopic (exact) mass is 257 g/mol. The highest BCUT2D eigenvalue weighted by Gasteiger charge is 2.20. The molecule has 0 saturated heterocycles. The zero-order chi connectivity index (χ0) is 13.7. The molecule has 0 saturated carbocycles. The molecule has 1 aromatic carbocycles. The number of aliphatic hydroxyl groups is 1. The van der Waals surface area contributed by atoms with Crippen LogP contribution in [0.4, 0.5) is 9.18 Å². The Labute approximate surface area is 104 Å². The summed E-state index contributed by atoms with van der Waals surface area (Å²) in [6.45, 7) is 1.54. The summed E-state index contributed by atoms with van der Waals surface area (Å²) in [4.78, 5) is 11.9. The van der Waals surface area contributed by atoms with Crippen molar-refractivity contribution in [3.8, 4) is 5.75 Å². The summed E-state index contributed by atoms with van der Waals surface area (Å²) in [6, 6.07) is 3.33. The molecule has 0 bridgehead atoms. The molecule has 1 unspecified atom stereocenters. The van der Waals surface area contributed by atoms with Crippen molar-refractivity contribution in [2.24, 2.45) is 0 Å². The molecule has 5 nitrogen and oxygen atoms in total. The van der Waals surface area contributed by atoms with E-state index >= 15 is 0 Å². The Hall–Kier alpha value is -1.82. The minimum absolute atomic E-state index is 0.0716. The maximum absolute atomic E-state index is 13.2. The summed E-state index contributed by atoms with van der Waals surface area (Å²) in [5.74, 6) is -0.0990. The summed E-state index contributed by atoms with van der Waals surface area (Å²) in [6.07, 6.45) is -1.11. The lowest BCUT2D eigenvalue weighted by Crippen LogP contribution is -2.28. The second-order valence-corrected chi connectivity index (χ2v) is 3.82. The zero-order valence-corrected chi connectivity index (χ0v) is 10.3. The van der Waals surface area contributed by atoms with Crippen LogP contribution in [-0.2, 0) is 0 Å². The third-order valence-corrected chi connectivity index (χ3v) is 2.65. The quantitative estimate of drug-likeness (QED) is 0.844. The highest BCUT2D eigenvalue weighted by Crippen LogP contribution is 2.29. The van der Waals surface area contributed by atoms with Crippen LogP contribution < -0.4 is 4.74 Å². The van der Waals surface area contributed by atoms with Gasteiger partial charge in [-0.25, -0.2) is 9.18 Å². The number of halogens is 1. The Bertz CT molecular complexity index is 425. The average Bonchev–Trinajstić information content (AvgIpc) is 2.35. The van der Waals surface area contributed by atoms with Crippen LogP contribution in [0.25, 0.3) is 0 Å². The molecule has 0 aliphatic heterocycles. The first-order chi connectivity index (χ1) is 8.47. The maximum atomic E-state index is 13.2. The van der Waals surface area contributed by atoms with Gasteiger partial charge in [-0.15, -0.1) is 0 Å². The molecule has 6 heteroatoms. The lowest BCUT2D eigenvalue weighted by molar-refractivity contribution is 0.140. The number of carboxylic acid groups (broad SMARTS) is 1. The van der Waals surface area contributed by atoms with Crippen LogP contribution in [0.3, 0.4) is 0 Å². The molecular formula is C12H16FNO4. The van der Waals surface area contributed by atoms with E-state index in [0.717, 1.165) is 4.90 Å². The Morgan fingerprint density at radius 3 is 2.78 bits per heavy atom. The molecule has 0 radical (unpaired) electrons. The minimum atomic E-state index is -1.11. The van der Waals surface area contributed by atoms with Gasteiger partial charge in [0.05, 0.1) is 12.6 Å². The fourth-order valence-corrected chi connectivity index (χ4v) is 1.51. The highest BCUT2D eigenvalue weighted by molar-refractivity contribution is 5.65. The number of ether oxygens (including phenoxy) is 1. The lowest BCUT2D eigenvalue weighted by atomic mass is 10.1. The largest absolute Gasteiger partial charge is 0.491 e. The van der Waals surface area contributed by atoms with E-state index in [4.69, 9.17) is 14.9 Å². The van der Waals surface area contributed by atoms with Gasteiger partial charge < -0.3 is 19.8 Å². The third kappa shape index (κ3) is 3.33. The van der Waals surface area contributed by atoms with Crippen LogP contribution in [0.15, 0.2) is 18.2 Å². The fourth-order valence-electron chi connectivity index (χ4n) is 1.51. The predicted molar refractivity (Wildman–Crippen MR) is 63.2 cm³/mol. The van der Waals surface area contributed by atoms with Gasteiger partial charge >= 0.3 is 6.09 Å². The van der Waals surface area contributed by atoms with Crippen LogP contribution in [-0.4, -0.2) is 41.5 Å². The summed E-state index contributed by atoms with van der Waals surface area (Å²) in [5, 5.41) is 17.6. The van der Waals surface area contributed by atoms with Gasteiger partial charge in [-0.3, -0.25) is 0 Å². The Kier molecular flexibility index (Phi) is 4.91. The van der Waals surface area contributed by atoms with Crippen molar-refractivity contribution in [3.05, 3.63) is 29.6 Å². The van der Waals surface area contributed by atoms with Crippen LogP contribution in [0.5, 0.6) is 5.75 Å². The molecule has 0 heterocycles. The summed E-state index contributed by atoms with van der Waals surface area (Å²) in [7, 11) is 1.40. The van der Waals surface area contributed by atoms with Gasteiger partial charge in [-0.2, -0.15) is 0 Å². The van der Waals surface area contributed by atoms with E-state index in [-0.39, 0.29) is 13.2 Å². The van der Waals surface area contributed by atoms with Gasteiger partial charge in [0.25, 0.3) is 0 Å². The average molecular weight is 257 g/mol. The van der Waals surface area contributed by atoms with E-state index in [1.807, 2.05) is 0 Å². The van der Waals surface area contributed by atoms with Crippen LogP contribution in [0, 0.1) is 5.82 Å². The number of benzene rings is 1. The molecule has 1 aromatic rings. The normalized spacial score (nSPS) is 12.0. The number of hydrogen-bond acceptors (Lipinski definition) is 3. The van der Waals surface area contributed by atoms with Gasteiger partial charge in [-0.05, 0) is 25.1 Å². The smallest absolute Gasteiger partial charge is 0.407 e. The molecule has 0 aliphatic carbocycles. The number of nitrogens with zero attached hydrogens (tertiary/aromatic N) is 1. The fraction of sp³-hybridized carbons (Fsp3) is 0.417. The van der Waals surface area contributed by atoms with E-state index in [2.05, 4.69) is 0 Å². The van der Waals surface area contributed by atoms with Gasteiger partial charge in [0.2, 0.25) is 0 Å². The van der Waals surface area contributed by atoms with E-state index < -0.39 is 18.0 Å².